The van der Waals surface area contributed by atoms with E-state index in [0.717, 1.165) is 31.2 Å². The number of hydrogen-bond acceptors (Lipinski definition) is 6. The lowest BCUT2D eigenvalue weighted by Crippen LogP contribution is -2.56. The van der Waals surface area contributed by atoms with Crippen molar-refractivity contribution in [2.24, 2.45) is 0 Å². The maximum Gasteiger partial charge on any atom is 0.242 e. The highest BCUT2D eigenvalue weighted by molar-refractivity contribution is 7.13. The van der Waals surface area contributed by atoms with Crippen LogP contribution in [0, 0.1) is 0 Å². The first-order valence-corrected chi connectivity index (χ1v) is 8.69. The van der Waals surface area contributed by atoms with E-state index in [-0.39, 0.29) is 12.0 Å². The smallest absolute Gasteiger partial charge is 0.242 e. The van der Waals surface area contributed by atoms with Gasteiger partial charge in [-0.15, -0.1) is 11.3 Å². The van der Waals surface area contributed by atoms with Crippen LogP contribution in [-0.4, -0.2) is 77.7 Å². The Labute approximate surface area is 136 Å². The summed E-state index contributed by atoms with van der Waals surface area (Å²) in [5.74, 6) is 0.0776. The molecule has 7 heteroatoms. The standard InChI is InChI=1S/C15H26N4O2S/c1-4-13-10-18(6-7-19(13)9-12(2)20)11-14(21)17(3)15-16-5-8-22-15/h5,8,12-13,20H,4,6-7,9-11H2,1-3H3/t12-,13-/m0/s1. The van der Waals surface area contributed by atoms with Crippen LogP contribution in [0.4, 0.5) is 5.13 Å². The molecule has 1 aromatic rings. The summed E-state index contributed by atoms with van der Waals surface area (Å²) in [6, 6.07) is 0.404. The van der Waals surface area contributed by atoms with Gasteiger partial charge in [0.25, 0.3) is 0 Å². The fourth-order valence-electron chi connectivity index (χ4n) is 2.85. The summed E-state index contributed by atoms with van der Waals surface area (Å²) < 4.78 is 0. The van der Waals surface area contributed by atoms with Crippen molar-refractivity contribution in [2.75, 3.05) is 44.7 Å². The number of nitrogens with zero attached hydrogens (tertiary/aromatic N) is 4. The van der Waals surface area contributed by atoms with Crippen LogP contribution < -0.4 is 4.90 Å². The van der Waals surface area contributed by atoms with Gasteiger partial charge >= 0.3 is 0 Å². The molecule has 6 nitrogen and oxygen atoms in total. The maximum absolute atomic E-state index is 12.4. The van der Waals surface area contributed by atoms with Gasteiger partial charge in [0.2, 0.25) is 5.91 Å². The molecule has 1 amide bonds. The quantitative estimate of drug-likeness (QED) is 0.841. The van der Waals surface area contributed by atoms with Crippen LogP contribution in [0.25, 0.3) is 0 Å². The monoisotopic (exact) mass is 326 g/mol. The van der Waals surface area contributed by atoms with Crippen LogP contribution in [-0.2, 0) is 4.79 Å². The zero-order valence-corrected chi connectivity index (χ0v) is 14.4. The lowest BCUT2D eigenvalue weighted by atomic mass is 10.1. The van der Waals surface area contributed by atoms with Crippen molar-refractivity contribution in [1.29, 1.82) is 0 Å². The molecule has 1 aromatic heterocycles. The van der Waals surface area contributed by atoms with E-state index in [9.17, 15) is 9.90 Å². The van der Waals surface area contributed by atoms with Crippen molar-refractivity contribution in [1.82, 2.24) is 14.8 Å². The zero-order valence-electron chi connectivity index (χ0n) is 13.6. The molecule has 1 saturated heterocycles. The van der Waals surface area contributed by atoms with E-state index in [1.807, 2.05) is 12.3 Å². The molecular formula is C15H26N4O2S. The van der Waals surface area contributed by atoms with E-state index in [2.05, 4.69) is 21.7 Å². The molecule has 0 spiro atoms. The van der Waals surface area contributed by atoms with E-state index in [4.69, 9.17) is 0 Å². The Hall–Kier alpha value is -1.02. The molecule has 0 radical (unpaired) electrons. The van der Waals surface area contributed by atoms with Crippen LogP contribution in [0.2, 0.25) is 0 Å². The van der Waals surface area contributed by atoms with Crippen LogP contribution >= 0.6 is 11.3 Å². The molecule has 0 aliphatic carbocycles. The van der Waals surface area contributed by atoms with E-state index in [0.29, 0.717) is 19.1 Å². The number of aliphatic hydroxyl groups is 1. The molecule has 124 valence electrons. The SMILES string of the molecule is CC[C@H]1CN(CC(=O)N(C)c2nccs2)CCN1C[C@H](C)O. The Balaban J connectivity index is 1.88. The predicted molar refractivity (Wildman–Crippen MR) is 89.3 cm³/mol. The summed E-state index contributed by atoms with van der Waals surface area (Å²) in [4.78, 5) is 22.7. The van der Waals surface area contributed by atoms with E-state index in [1.54, 1.807) is 18.1 Å². The van der Waals surface area contributed by atoms with Gasteiger partial charge in [-0.3, -0.25) is 19.5 Å². The lowest BCUT2D eigenvalue weighted by molar-refractivity contribution is -0.120. The van der Waals surface area contributed by atoms with Gasteiger partial charge in [-0.25, -0.2) is 4.98 Å². The second-order valence-electron chi connectivity index (χ2n) is 5.91. The summed E-state index contributed by atoms with van der Waals surface area (Å²) in [7, 11) is 1.78. The third-order valence-corrected chi connectivity index (χ3v) is 4.95. The summed E-state index contributed by atoms with van der Waals surface area (Å²) in [5, 5.41) is 12.2. The predicted octanol–water partition coefficient (Wildman–Crippen LogP) is 0.883. The summed E-state index contributed by atoms with van der Waals surface area (Å²) in [6.07, 6.45) is 2.43. The highest BCUT2D eigenvalue weighted by atomic mass is 32.1. The van der Waals surface area contributed by atoms with Crippen molar-refractivity contribution in [2.45, 2.75) is 32.4 Å². The van der Waals surface area contributed by atoms with Gasteiger partial charge in [-0.05, 0) is 13.3 Å². The van der Waals surface area contributed by atoms with Crippen LogP contribution in [0.1, 0.15) is 20.3 Å². The van der Waals surface area contributed by atoms with Gasteiger partial charge in [0, 0.05) is 50.8 Å². The van der Waals surface area contributed by atoms with Gasteiger partial charge in [0.1, 0.15) is 0 Å². The summed E-state index contributed by atoms with van der Waals surface area (Å²) in [6.45, 7) is 7.76. The molecule has 0 bridgehead atoms. The molecule has 0 aromatic carbocycles. The highest BCUT2D eigenvalue weighted by Crippen LogP contribution is 2.17. The summed E-state index contributed by atoms with van der Waals surface area (Å²) >= 11 is 1.47. The largest absolute Gasteiger partial charge is 0.392 e. The minimum absolute atomic E-state index is 0.0776. The molecule has 1 aliphatic heterocycles. The number of rotatable bonds is 6. The second-order valence-corrected chi connectivity index (χ2v) is 6.78. The van der Waals surface area contributed by atoms with E-state index < -0.39 is 0 Å². The molecule has 1 N–H and O–H groups in total. The number of piperazine rings is 1. The Morgan fingerprint density at radius 2 is 2.36 bits per heavy atom. The molecular weight excluding hydrogens is 300 g/mol. The molecule has 2 atom stereocenters. The number of β-amino-alcohol motifs (C(OH)–C–C–N with tert-alkyl or cyclic N) is 1. The second kappa shape index (κ2) is 8.01. The molecule has 1 aliphatic rings. The van der Waals surface area contributed by atoms with Gasteiger partial charge < -0.3 is 5.11 Å². The first-order valence-electron chi connectivity index (χ1n) is 7.81. The average molecular weight is 326 g/mol. The molecule has 0 saturated carbocycles. The number of carbonyl (C=O) groups excluding carboxylic acids is 1. The minimum atomic E-state index is -0.307. The van der Waals surface area contributed by atoms with Crippen molar-refractivity contribution in [3.8, 4) is 0 Å². The number of carbonyl (C=O) groups is 1. The van der Waals surface area contributed by atoms with Crippen LogP contribution in [0.5, 0.6) is 0 Å². The highest BCUT2D eigenvalue weighted by Gasteiger charge is 2.28. The number of likely N-dealkylation sites (N-methyl/N-ethyl adjacent to an activating group) is 1. The van der Waals surface area contributed by atoms with Crippen LogP contribution in [0.15, 0.2) is 11.6 Å². The Kier molecular flexibility index (Phi) is 6.31. The topological polar surface area (TPSA) is 59.9 Å². The van der Waals surface area contributed by atoms with Gasteiger partial charge in [-0.2, -0.15) is 0 Å². The van der Waals surface area contributed by atoms with Gasteiger partial charge in [0.05, 0.1) is 12.6 Å². The number of hydrogen-bond donors (Lipinski definition) is 1. The molecule has 0 unspecified atom stereocenters. The van der Waals surface area contributed by atoms with Crippen molar-refractivity contribution in [3.63, 3.8) is 0 Å². The summed E-state index contributed by atoms with van der Waals surface area (Å²) in [5.41, 5.74) is 0. The molecule has 22 heavy (non-hydrogen) atoms. The molecule has 1 fully saturated rings. The van der Waals surface area contributed by atoms with Gasteiger partial charge in [-0.1, -0.05) is 6.92 Å². The normalized spacial score (nSPS) is 21.7. The van der Waals surface area contributed by atoms with Crippen molar-refractivity contribution >= 4 is 22.4 Å². The zero-order chi connectivity index (χ0) is 16.1. The maximum atomic E-state index is 12.4. The molecule has 2 rings (SSSR count). The van der Waals surface area contributed by atoms with E-state index >= 15 is 0 Å². The Morgan fingerprint density at radius 3 is 2.95 bits per heavy atom. The van der Waals surface area contributed by atoms with Crippen molar-refractivity contribution < 1.29 is 9.90 Å². The first-order chi connectivity index (χ1) is 10.5. The van der Waals surface area contributed by atoms with Gasteiger partial charge in [0.15, 0.2) is 5.13 Å². The Bertz CT molecular complexity index is 466. The van der Waals surface area contributed by atoms with E-state index in [1.165, 1.54) is 11.3 Å². The minimum Gasteiger partial charge on any atom is -0.392 e. The Morgan fingerprint density at radius 1 is 1.59 bits per heavy atom. The van der Waals surface area contributed by atoms with Crippen molar-refractivity contribution in [3.05, 3.63) is 11.6 Å². The molecule has 2 heterocycles. The number of aliphatic hydroxyl groups excluding tert-OH is 1. The van der Waals surface area contributed by atoms with Crippen LogP contribution in [0.3, 0.4) is 0 Å². The third-order valence-electron chi connectivity index (χ3n) is 4.10. The number of aromatic nitrogens is 1. The number of thiazole rings is 1. The first kappa shape index (κ1) is 17.3. The number of anilines is 1. The number of amides is 1. The fraction of sp³-hybridized carbons (Fsp3) is 0.733. The lowest BCUT2D eigenvalue weighted by Gasteiger charge is -2.41. The fourth-order valence-corrected chi connectivity index (χ4v) is 3.48. The third kappa shape index (κ3) is 4.49. The average Bonchev–Trinajstić information content (AvgIpc) is 3.01.